The number of sulfonamides is 1. The standard InChI is InChI=1S/C13H28N2O3S/c1-3-7-14-8-5-10-19(16,17)15(2)11-13-6-4-9-18-12-13/h13-14H,3-12H2,1-2H3. The van der Waals surface area contributed by atoms with Crippen molar-refractivity contribution in [3.63, 3.8) is 0 Å². The molecule has 1 aliphatic heterocycles. The van der Waals surface area contributed by atoms with E-state index in [0.29, 0.717) is 25.5 Å². The van der Waals surface area contributed by atoms with Gasteiger partial charge in [-0.15, -0.1) is 0 Å². The molecule has 0 bridgehead atoms. The molecule has 1 saturated heterocycles. The van der Waals surface area contributed by atoms with E-state index in [1.807, 2.05) is 0 Å². The molecule has 1 rings (SSSR count). The Balaban J connectivity index is 2.25. The largest absolute Gasteiger partial charge is 0.381 e. The molecule has 19 heavy (non-hydrogen) atoms. The third-order valence-electron chi connectivity index (χ3n) is 3.43. The highest BCUT2D eigenvalue weighted by Gasteiger charge is 2.22. The molecule has 0 radical (unpaired) electrons. The van der Waals surface area contributed by atoms with Gasteiger partial charge in [-0.3, -0.25) is 0 Å². The first kappa shape index (κ1) is 16.9. The van der Waals surface area contributed by atoms with Gasteiger partial charge in [0.15, 0.2) is 0 Å². The second kappa shape index (κ2) is 8.89. The van der Waals surface area contributed by atoms with Crippen LogP contribution in [-0.2, 0) is 14.8 Å². The topological polar surface area (TPSA) is 58.6 Å². The first-order chi connectivity index (χ1) is 9.06. The van der Waals surface area contributed by atoms with Gasteiger partial charge in [-0.25, -0.2) is 12.7 Å². The van der Waals surface area contributed by atoms with Gasteiger partial charge < -0.3 is 10.1 Å². The van der Waals surface area contributed by atoms with E-state index in [-0.39, 0.29) is 5.75 Å². The fourth-order valence-electron chi connectivity index (χ4n) is 2.27. The highest BCUT2D eigenvalue weighted by molar-refractivity contribution is 7.89. The van der Waals surface area contributed by atoms with Crippen LogP contribution in [0.15, 0.2) is 0 Å². The molecule has 1 N–H and O–H groups in total. The smallest absolute Gasteiger partial charge is 0.213 e. The van der Waals surface area contributed by atoms with Gasteiger partial charge in [-0.05, 0) is 44.7 Å². The monoisotopic (exact) mass is 292 g/mol. The average molecular weight is 292 g/mol. The van der Waals surface area contributed by atoms with Crippen molar-refractivity contribution >= 4 is 10.0 Å². The van der Waals surface area contributed by atoms with Crippen molar-refractivity contribution in [2.45, 2.75) is 32.6 Å². The van der Waals surface area contributed by atoms with E-state index in [2.05, 4.69) is 12.2 Å². The molecule has 1 heterocycles. The summed E-state index contributed by atoms with van der Waals surface area (Å²) in [6, 6.07) is 0. The van der Waals surface area contributed by atoms with Crippen LogP contribution >= 0.6 is 0 Å². The highest BCUT2D eigenvalue weighted by Crippen LogP contribution is 2.16. The van der Waals surface area contributed by atoms with Gasteiger partial charge in [0, 0.05) is 20.2 Å². The minimum atomic E-state index is -3.11. The van der Waals surface area contributed by atoms with Crippen molar-refractivity contribution in [1.82, 2.24) is 9.62 Å². The quantitative estimate of drug-likeness (QED) is 0.646. The van der Waals surface area contributed by atoms with Crippen molar-refractivity contribution in [1.29, 1.82) is 0 Å². The number of rotatable bonds is 9. The summed E-state index contributed by atoms with van der Waals surface area (Å²) < 4.78 is 31.1. The van der Waals surface area contributed by atoms with E-state index in [1.54, 1.807) is 7.05 Å². The number of nitrogens with one attached hydrogen (secondary N) is 1. The van der Waals surface area contributed by atoms with Gasteiger partial charge in [-0.1, -0.05) is 6.92 Å². The average Bonchev–Trinajstić information content (AvgIpc) is 2.39. The van der Waals surface area contributed by atoms with E-state index in [1.165, 1.54) is 4.31 Å². The first-order valence-corrected chi connectivity index (χ1v) is 8.89. The normalized spacial score (nSPS) is 20.9. The van der Waals surface area contributed by atoms with Crippen LogP contribution in [-0.4, -0.2) is 58.4 Å². The zero-order chi connectivity index (χ0) is 14.1. The molecular weight excluding hydrogens is 264 g/mol. The summed E-state index contributed by atoms with van der Waals surface area (Å²) in [6.07, 6.45) is 3.86. The van der Waals surface area contributed by atoms with Gasteiger partial charge >= 0.3 is 0 Å². The first-order valence-electron chi connectivity index (χ1n) is 7.28. The third-order valence-corrected chi connectivity index (χ3v) is 5.33. The van der Waals surface area contributed by atoms with Crippen LogP contribution < -0.4 is 5.32 Å². The lowest BCUT2D eigenvalue weighted by molar-refractivity contribution is 0.0495. The summed E-state index contributed by atoms with van der Waals surface area (Å²) in [5.74, 6) is 0.583. The Bertz CT molecular complexity index is 327. The number of ether oxygens (including phenoxy) is 1. The van der Waals surface area contributed by atoms with Gasteiger partial charge in [0.25, 0.3) is 0 Å². The van der Waals surface area contributed by atoms with Crippen molar-refractivity contribution in [3.8, 4) is 0 Å². The van der Waals surface area contributed by atoms with Crippen LogP contribution in [0.25, 0.3) is 0 Å². The molecule has 1 unspecified atom stereocenters. The molecule has 0 aromatic heterocycles. The second-order valence-electron chi connectivity index (χ2n) is 5.28. The van der Waals surface area contributed by atoms with Crippen LogP contribution in [0.4, 0.5) is 0 Å². The van der Waals surface area contributed by atoms with Gasteiger partial charge in [0.05, 0.1) is 12.4 Å². The third kappa shape index (κ3) is 6.70. The van der Waals surface area contributed by atoms with Crippen molar-refractivity contribution in [2.24, 2.45) is 5.92 Å². The van der Waals surface area contributed by atoms with E-state index >= 15 is 0 Å². The van der Waals surface area contributed by atoms with Gasteiger partial charge in [0.2, 0.25) is 10.0 Å². The summed E-state index contributed by atoms with van der Waals surface area (Å²) >= 11 is 0. The Morgan fingerprint density at radius 1 is 1.37 bits per heavy atom. The Morgan fingerprint density at radius 2 is 2.16 bits per heavy atom. The summed E-state index contributed by atoms with van der Waals surface area (Å²) in [5, 5.41) is 3.22. The molecule has 0 aromatic rings. The maximum atomic E-state index is 12.1. The van der Waals surface area contributed by atoms with Crippen LogP contribution in [0, 0.1) is 5.92 Å². The molecule has 0 aromatic carbocycles. The van der Waals surface area contributed by atoms with Crippen molar-refractivity contribution in [2.75, 3.05) is 45.6 Å². The van der Waals surface area contributed by atoms with Crippen LogP contribution in [0.1, 0.15) is 32.6 Å². The lowest BCUT2D eigenvalue weighted by Crippen LogP contribution is -2.36. The predicted molar refractivity (Wildman–Crippen MR) is 77.7 cm³/mol. The zero-order valence-electron chi connectivity index (χ0n) is 12.2. The van der Waals surface area contributed by atoms with Gasteiger partial charge in [-0.2, -0.15) is 0 Å². The predicted octanol–water partition coefficient (Wildman–Crippen LogP) is 1.06. The molecule has 6 heteroatoms. The van der Waals surface area contributed by atoms with Crippen molar-refractivity contribution < 1.29 is 13.2 Å². The van der Waals surface area contributed by atoms with E-state index < -0.39 is 10.0 Å². The molecule has 0 saturated carbocycles. The molecular formula is C13H28N2O3S. The minimum Gasteiger partial charge on any atom is -0.381 e. The summed E-state index contributed by atoms with van der Waals surface area (Å²) in [6.45, 7) is 5.92. The fourth-order valence-corrected chi connectivity index (χ4v) is 3.52. The van der Waals surface area contributed by atoms with Crippen LogP contribution in [0.5, 0.6) is 0 Å². The lowest BCUT2D eigenvalue weighted by Gasteiger charge is -2.26. The van der Waals surface area contributed by atoms with Crippen molar-refractivity contribution in [3.05, 3.63) is 0 Å². The molecule has 1 atom stereocenters. The molecule has 114 valence electrons. The number of hydrogen-bond donors (Lipinski definition) is 1. The molecule has 0 amide bonds. The Morgan fingerprint density at radius 3 is 2.79 bits per heavy atom. The molecule has 1 fully saturated rings. The molecule has 0 aliphatic carbocycles. The van der Waals surface area contributed by atoms with E-state index in [0.717, 1.165) is 39.0 Å². The van der Waals surface area contributed by atoms with Gasteiger partial charge in [0.1, 0.15) is 0 Å². The number of hydrogen-bond acceptors (Lipinski definition) is 4. The number of nitrogens with zero attached hydrogens (tertiary/aromatic N) is 1. The second-order valence-corrected chi connectivity index (χ2v) is 7.48. The fraction of sp³-hybridized carbons (Fsp3) is 1.00. The summed E-state index contributed by atoms with van der Waals surface area (Å²) in [5.41, 5.74) is 0. The summed E-state index contributed by atoms with van der Waals surface area (Å²) in [7, 11) is -1.43. The zero-order valence-corrected chi connectivity index (χ0v) is 13.0. The minimum absolute atomic E-state index is 0.230. The summed E-state index contributed by atoms with van der Waals surface area (Å²) in [4.78, 5) is 0. The van der Waals surface area contributed by atoms with Crippen LogP contribution in [0.2, 0.25) is 0 Å². The van der Waals surface area contributed by atoms with E-state index in [9.17, 15) is 8.42 Å². The highest BCUT2D eigenvalue weighted by atomic mass is 32.2. The molecule has 0 spiro atoms. The molecule has 5 nitrogen and oxygen atoms in total. The maximum Gasteiger partial charge on any atom is 0.213 e. The van der Waals surface area contributed by atoms with E-state index in [4.69, 9.17) is 4.74 Å². The Kier molecular flexibility index (Phi) is 7.90. The van der Waals surface area contributed by atoms with Crippen LogP contribution in [0.3, 0.4) is 0 Å². The SMILES string of the molecule is CCCNCCCS(=O)(=O)N(C)CC1CCCOC1. The Labute approximate surface area is 117 Å². The Hall–Kier alpha value is -0.170. The molecule has 1 aliphatic rings. The maximum absolute atomic E-state index is 12.1. The lowest BCUT2D eigenvalue weighted by atomic mass is 10.0.